The molecular formula is C35H43N5O3. The van der Waals surface area contributed by atoms with Gasteiger partial charge in [0.1, 0.15) is 5.75 Å². The lowest BCUT2D eigenvalue weighted by Crippen LogP contribution is -2.54. The molecule has 226 valence electrons. The quantitative estimate of drug-likeness (QED) is 0.393. The lowest BCUT2D eigenvalue weighted by Gasteiger charge is -2.37. The largest absolute Gasteiger partial charge is 0.478 e. The zero-order chi connectivity index (χ0) is 29.8. The van der Waals surface area contributed by atoms with Crippen LogP contribution in [0.3, 0.4) is 0 Å². The number of piperazine rings is 1. The minimum Gasteiger partial charge on any atom is -0.478 e. The van der Waals surface area contributed by atoms with Gasteiger partial charge in [-0.25, -0.2) is 0 Å². The van der Waals surface area contributed by atoms with Gasteiger partial charge >= 0.3 is 0 Å². The van der Waals surface area contributed by atoms with Gasteiger partial charge in [0.15, 0.2) is 5.60 Å². The van der Waals surface area contributed by atoms with Crippen molar-refractivity contribution in [1.29, 1.82) is 0 Å². The zero-order valence-corrected chi connectivity index (χ0v) is 25.4. The molecule has 2 aliphatic heterocycles. The number of carbonyl (C=O) groups excluding carboxylic acids is 2. The second-order valence-electron chi connectivity index (χ2n) is 12.5. The number of pyridine rings is 1. The predicted octanol–water partition coefficient (Wildman–Crippen LogP) is 4.75. The van der Waals surface area contributed by atoms with Crippen molar-refractivity contribution in [2.75, 3.05) is 44.2 Å². The minimum atomic E-state index is -0.961. The van der Waals surface area contributed by atoms with Crippen LogP contribution in [0.4, 0.5) is 5.69 Å². The van der Waals surface area contributed by atoms with E-state index in [0.717, 1.165) is 67.8 Å². The van der Waals surface area contributed by atoms with Gasteiger partial charge in [-0.1, -0.05) is 36.4 Å². The van der Waals surface area contributed by atoms with Crippen molar-refractivity contribution in [2.45, 2.75) is 57.7 Å². The molecule has 3 fully saturated rings. The Kier molecular flexibility index (Phi) is 8.66. The Morgan fingerprint density at radius 2 is 1.77 bits per heavy atom. The molecule has 2 saturated heterocycles. The number of carbonyl (C=O) groups is 2. The maximum Gasteiger partial charge on any atom is 0.266 e. The number of nitrogens with one attached hydrogen (secondary N) is 1. The summed E-state index contributed by atoms with van der Waals surface area (Å²) in [4.78, 5) is 37.9. The van der Waals surface area contributed by atoms with E-state index in [0.29, 0.717) is 38.0 Å². The predicted molar refractivity (Wildman–Crippen MR) is 169 cm³/mol. The van der Waals surface area contributed by atoms with Gasteiger partial charge in [-0.3, -0.25) is 14.6 Å². The van der Waals surface area contributed by atoms with Gasteiger partial charge < -0.3 is 24.8 Å². The molecule has 3 aliphatic rings. The number of rotatable bonds is 9. The molecule has 0 unspecified atom stereocenters. The highest BCUT2D eigenvalue weighted by atomic mass is 16.5. The Morgan fingerprint density at radius 1 is 0.977 bits per heavy atom. The molecular weight excluding hydrogens is 538 g/mol. The molecule has 0 spiro atoms. The molecule has 1 aliphatic carbocycles. The van der Waals surface area contributed by atoms with Crippen molar-refractivity contribution in [3.63, 3.8) is 0 Å². The fourth-order valence-corrected chi connectivity index (χ4v) is 6.26. The topological polar surface area (TPSA) is 78.0 Å². The molecule has 0 radical (unpaired) electrons. The second-order valence-corrected chi connectivity index (χ2v) is 12.5. The SMILES string of the molecule is CC(C)(Oc1cccc(N2CCC[C@@H](C(=O)N(Cc3ccc(-c4ccccn4)cc3)C3CC3)C2)c1)C(=O)N1CCNCC1. The third-order valence-corrected chi connectivity index (χ3v) is 8.78. The Hall–Kier alpha value is -3.91. The number of amides is 2. The van der Waals surface area contributed by atoms with Gasteiger partial charge in [-0.2, -0.15) is 0 Å². The number of nitrogens with zero attached hydrogens (tertiary/aromatic N) is 4. The van der Waals surface area contributed by atoms with Gasteiger partial charge in [0.2, 0.25) is 5.91 Å². The van der Waals surface area contributed by atoms with E-state index in [1.807, 2.05) is 61.3 Å². The van der Waals surface area contributed by atoms with E-state index in [1.165, 1.54) is 0 Å². The van der Waals surface area contributed by atoms with Crippen LogP contribution >= 0.6 is 0 Å². The fraction of sp³-hybridized carbons (Fsp3) is 0.457. The van der Waals surface area contributed by atoms with Crippen LogP contribution in [0.15, 0.2) is 72.9 Å². The third-order valence-electron chi connectivity index (χ3n) is 8.78. The number of ether oxygens (including phenoxy) is 1. The minimum absolute atomic E-state index is 0.00887. The van der Waals surface area contributed by atoms with Crippen LogP contribution in [-0.4, -0.2) is 77.5 Å². The maximum absolute atomic E-state index is 13.9. The van der Waals surface area contributed by atoms with E-state index in [4.69, 9.17) is 4.74 Å². The van der Waals surface area contributed by atoms with E-state index >= 15 is 0 Å². The Morgan fingerprint density at radius 3 is 2.49 bits per heavy atom. The molecule has 2 aromatic carbocycles. The molecule has 3 heterocycles. The first-order valence-corrected chi connectivity index (χ1v) is 15.7. The van der Waals surface area contributed by atoms with E-state index in [1.54, 1.807) is 0 Å². The molecule has 1 aromatic heterocycles. The number of aromatic nitrogens is 1. The number of hydrogen-bond acceptors (Lipinski definition) is 6. The molecule has 1 atom stereocenters. The fourth-order valence-electron chi connectivity index (χ4n) is 6.26. The summed E-state index contributed by atoms with van der Waals surface area (Å²) in [5.74, 6) is 0.899. The monoisotopic (exact) mass is 581 g/mol. The van der Waals surface area contributed by atoms with Crippen molar-refractivity contribution >= 4 is 17.5 Å². The first-order valence-electron chi connectivity index (χ1n) is 15.7. The Balaban J connectivity index is 1.10. The van der Waals surface area contributed by atoms with Crippen LogP contribution in [0.1, 0.15) is 45.1 Å². The van der Waals surface area contributed by atoms with E-state index < -0.39 is 5.60 Å². The van der Waals surface area contributed by atoms with Crippen LogP contribution < -0.4 is 15.0 Å². The standard InChI is InChI=1S/C35H43N5O3/c1-35(2,34(42)38-21-18-36-19-22-38)43-31-9-5-8-30(23-31)39-20-6-7-28(25-39)33(41)40(29-15-16-29)24-26-11-13-27(14-12-26)32-10-3-4-17-37-32/h3-5,8-14,17,23,28-29,36H,6-7,15-16,18-22,24-25H2,1-2H3/t28-/m1/s1. The van der Waals surface area contributed by atoms with Gasteiger partial charge in [0.05, 0.1) is 11.6 Å². The average Bonchev–Trinajstić information content (AvgIpc) is 3.90. The molecule has 0 bridgehead atoms. The highest BCUT2D eigenvalue weighted by Gasteiger charge is 2.38. The molecule has 2 amide bonds. The molecule has 6 rings (SSSR count). The molecule has 1 N–H and O–H groups in total. The van der Waals surface area contributed by atoms with Crippen LogP contribution in [0.2, 0.25) is 0 Å². The van der Waals surface area contributed by atoms with Crippen molar-refractivity contribution < 1.29 is 14.3 Å². The van der Waals surface area contributed by atoms with Crippen LogP contribution in [0, 0.1) is 5.92 Å². The highest BCUT2D eigenvalue weighted by molar-refractivity contribution is 5.85. The molecule has 8 heteroatoms. The molecule has 1 saturated carbocycles. The number of benzene rings is 2. The van der Waals surface area contributed by atoms with E-state index in [-0.39, 0.29) is 17.7 Å². The second kappa shape index (κ2) is 12.8. The van der Waals surface area contributed by atoms with E-state index in [2.05, 4.69) is 50.4 Å². The lowest BCUT2D eigenvalue weighted by atomic mass is 9.95. The van der Waals surface area contributed by atoms with Crippen LogP contribution in [0.25, 0.3) is 11.3 Å². The van der Waals surface area contributed by atoms with Crippen molar-refractivity contribution in [1.82, 2.24) is 20.1 Å². The Bertz CT molecular complexity index is 1400. The third kappa shape index (κ3) is 7.02. The summed E-state index contributed by atoms with van der Waals surface area (Å²) in [6, 6.07) is 22.7. The summed E-state index contributed by atoms with van der Waals surface area (Å²) >= 11 is 0. The van der Waals surface area contributed by atoms with Crippen LogP contribution in [-0.2, 0) is 16.1 Å². The average molecular weight is 582 g/mol. The summed E-state index contributed by atoms with van der Waals surface area (Å²) in [5.41, 5.74) is 3.26. The van der Waals surface area contributed by atoms with Crippen LogP contribution in [0.5, 0.6) is 5.75 Å². The van der Waals surface area contributed by atoms with Crippen molar-refractivity contribution in [2.24, 2.45) is 5.92 Å². The number of hydrogen-bond donors (Lipinski definition) is 1. The van der Waals surface area contributed by atoms with Gasteiger partial charge in [0.25, 0.3) is 5.91 Å². The van der Waals surface area contributed by atoms with Crippen molar-refractivity contribution in [3.05, 3.63) is 78.5 Å². The lowest BCUT2D eigenvalue weighted by molar-refractivity contribution is -0.146. The van der Waals surface area contributed by atoms with Crippen molar-refractivity contribution in [3.8, 4) is 17.0 Å². The summed E-state index contributed by atoms with van der Waals surface area (Å²) < 4.78 is 6.29. The molecule has 8 nitrogen and oxygen atoms in total. The van der Waals surface area contributed by atoms with E-state index in [9.17, 15) is 9.59 Å². The summed E-state index contributed by atoms with van der Waals surface area (Å²) in [5, 5.41) is 3.29. The van der Waals surface area contributed by atoms with Gasteiger partial charge in [-0.15, -0.1) is 0 Å². The molecule has 43 heavy (non-hydrogen) atoms. The first-order chi connectivity index (χ1) is 20.9. The molecule has 3 aromatic rings. The summed E-state index contributed by atoms with van der Waals surface area (Å²) in [6.07, 6.45) is 5.83. The highest BCUT2D eigenvalue weighted by Crippen LogP contribution is 2.34. The first kappa shape index (κ1) is 29.2. The maximum atomic E-state index is 13.9. The van der Waals surface area contributed by atoms with Gasteiger partial charge in [0, 0.05) is 75.4 Å². The normalized spacial score (nSPS) is 19.2. The Labute approximate surface area is 255 Å². The van der Waals surface area contributed by atoms with Gasteiger partial charge in [-0.05, 0) is 69.4 Å². The number of anilines is 1. The summed E-state index contributed by atoms with van der Waals surface area (Å²) in [7, 11) is 0. The summed E-state index contributed by atoms with van der Waals surface area (Å²) in [6.45, 7) is 8.93. The zero-order valence-electron chi connectivity index (χ0n) is 25.4. The number of piperidine rings is 1. The smallest absolute Gasteiger partial charge is 0.266 e.